The van der Waals surface area contributed by atoms with E-state index in [0.29, 0.717) is 21.8 Å². The van der Waals surface area contributed by atoms with Crippen LogP contribution < -0.4 is 5.32 Å². The molecule has 2 aromatic rings. The maximum absolute atomic E-state index is 12.8. The van der Waals surface area contributed by atoms with Crippen LogP contribution in [0.3, 0.4) is 0 Å². The molecule has 1 heterocycles. The second-order valence-corrected chi connectivity index (χ2v) is 4.83. The van der Waals surface area contributed by atoms with E-state index in [2.05, 4.69) is 15.5 Å². The van der Waals surface area contributed by atoms with E-state index in [1.165, 1.54) is 18.3 Å². The predicted molar refractivity (Wildman–Crippen MR) is 80.6 cm³/mol. The Kier molecular flexibility index (Phi) is 3.50. The molecule has 4 nitrogen and oxygen atoms in total. The van der Waals surface area contributed by atoms with Gasteiger partial charge >= 0.3 is 0 Å². The van der Waals surface area contributed by atoms with Gasteiger partial charge in [-0.1, -0.05) is 23.7 Å². The first-order valence-electron chi connectivity index (χ1n) is 6.11. The number of nitrogens with zero attached hydrogens (tertiary/aromatic N) is 2. The Balaban J connectivity index is 1.88. The van der Waals surface area contributed by atoms with Crippen LogP contribution in [-0.4, -0.2) is 17.8 Å². The van der Waals surface area contributed by atoms with Crippen molar-refractivity contribution in [1.82, 2.24) is 0 Å². The van der Waals surface area contributed by atoms with Gasteiger partial charge in [-0.15, -0.1) is 5.10 Å². The molecule has 2 aromatic carbocycles. The Morgan fingerprint density at radius 3 is 2.67 bits per heavy atom. The lowest BCUT2D eigenvalue weighted by Gasteiger charge is -1.96. The van der Waals surface area contributed by atoms with E-state index in [4.69, 9.17) is 11.6 Å². The molecular formula is C15H9ClFN3O. The van der Waals surface area contributed by atoms with E-state index in [-0.39, 0.29) is 17.4 Å². The van der Waals surface area contributed by atoms with Crippen LogP contribution in [0.1, 0.15) is 11.1 Å². The van der Waals surface area contributed by atoms with Gasteiger partial charge in [0.15, 0.2) is 5.71 Å². The largest absolute Gasteiger partial charge is 0.320 e. The number of carbonyl (C=O) groups excluding carboxylic acids is 1. The van der Waals surface area contributed by atoms with Crippen LogP contribution in [0.5, 0.6) is 0 Å². The molecule has 1 amide bonds. The minimum absolute atomic E-state index is 0.200. The Morgan fingerprint density at radius 2 is 1.90 bits per heavy atom. The second-order valence-electron chi connectivity index (χ2n) is 4.39. The zero-order valence-electron chi connectivity index (χ0n) is 10.7. The highest BCUT2D eigenvalue weighted by molar-refractivity contribution is 6.54. The Hall–Kier alpha value is -2.53. The Bertz CT molecular complexity index is 769. The van der Waals surface area contributed by atoms with Crippen LogP contribution in [0.25, 0.3) is 0 Å². The monoisotopic (exact) mass is 301 g/mol. The highest BCUT2D eigenvalue weighted by Gasteiger charge is 2.26. The molecule has 1 aliphatic heterocycles. The highest BCUT2D eigenvalue weighted by Crippen LogP contribution is 2.26. The van der Waals surface area contributed by atoms with Crippen LogP contribution in [0.15, 0.2) is 52.7 Å². The van der Waals surface area contributed by atoms with E-state index in [9.17, 15) is 9.18 Å². The summed E-state index contributed by atoms with van der Waals surface area (Å²) in [6.07, 6.45) is 1.45. The van der Waals surface area contributed by atoms with Crippen molar-refractivity contribution in [2.75, 3.05) is 5.32 Å². The lowest BCUT2D eigenvalue weighted by atomic mass is 10.1. The van der Waals surface area contributed by atoms with Gasteiger partial charge < -0.3 is 5.32 Å². The molecule has 0 saturated carbocycles. The summed E-state index contributed by atoms with van der Waals surface area (Å²) in [5.74, 6) is -0.652. The molecule has 0 spiro atoms. The molecule has 1 aliphatic rings. The van der Waals surface area contributed by atoms with Crippen molar-refractivity contribution >= 4 is 35.1 Å². The number of halogens is 2. The number of fused-ring (bicyclic) bond motifs is 1. The second kappa shape index (κ2) is 5.46. The van der Waals surface area contributed by atoms with Gasteiger partial charge in [0, 0.05) is 10.6 Å². The lowest BCUT2D eigenvalue weighted by molar-refractivity contribution is -0.110. The van der Waals surface area contributed by atoms with Gasteiger partial charge in [0.1, 0.15) is 5.82 Å². The first-order chi connectivity index (χ1) is 10.1. The van der Waals surface area contributed by atoms with E-state index in [1.54, 1.807) is 30.3 Å². The smallest absolute Gasteiger partial charge is 0.276 e. The summed E-state index contributed by atoms with van der Waals surface area (Å²) >= 11 is 5.91. The zero-order valence-corrected chi connectivity index (χ0v) is 11.4. The number of amides is 1. The van der Waals surface area contributed by atoms with Crippen LogP contribution in [0.4, 0.5) is 10.1 Å². The molecule has 0 saturated heterocycles. The van der Waals surface area contributed by atoms with Gasteiger partial charge in [0.05, 0.1) is 11.9 Å². The third-order valence-electron chi connectivity index (χ3n) is 2.93. The number of hydrogen-bond donors (Lipinski definition) is 1. The molecule has 0 aliphatic carbocycles. The number of nitrogens with one attached hydrogen (secondary N) is 1. The van der Waals surface area contributed by atoms with Gasteiger partial charge in [-0.2, -0.15) is 5.10 Å². The number of anilines is 1. The fourth-order valence-corrected chi connectivity index (χ4v) is 2.10. The maximum Gasteiger partial charge on any atom is 0.276 e. The van der Waals surface area contributed by atoms with Crippen LogP contribution in [-0.2, 0) is 4.79 Å². The highest BCUT2D eigenvalue weighted by atomic mass is 35.5. The molecule has 0 fully saturated rings. The third-order valence-corrected chi connectivity index (χ3v) is 3.17. The minimum Gasteiger partial charge on any atom is -0.320 e. The summed E-state index contributed by atoms with van der Waals surface area (Å²) < 4.78 is 12.8. The molecule has 104 valence electrons. The summed E-state index contributed by atoms with van der Waals surface area (Å²) in [7, 11) is 0. The van der Waals surface area contributed by atoms with E-state index < -0.39 is 0 Å². The summed E-state index contributed by atoms with van der Waals surface area (Å²) in [6.45, 7) is 0. The molecule has 21 heavy (non-hydrogen) atoms. The average Bonchev–Trinajstić information content (AvgIpc) is 2.77. The van der Waals surface area contributed by atoms with E-state index in [0.717, 1.165) is 0 Å². The molecule has 0 unspecified atom stereocenters. The van der Waals surface area contributed by atoms with Gasteiger partial charge in [-0.25, -0.2) is 4.39 Å². The summed E-state index contributed by atoms with van der Waals surface area (Å²) in [5.41, 5.74) is 2.15. The average molecular weight is 302 g/mol. The Labute approximate surface area is 125 Å². The normalized spacial score (nSPS) is 15.5. The fourth-order valence-electron chi connectivity index (χ4n) is 1.93. The van der Waals surface area contributed by atoms with Gasteiger partial charge in [-0.05, 0) is 35.9 Å². The molecule has 3 rings (SSSR count). The molecule has 6 heteroatoms. The molecular weight excluding hydrogens is 293 g/mol. The topological polar surface area (TPSA) is 53.8 Å². The van der Waals surface area contributed by atoms with E-state index >= 15 is 0 Å². The molecule has 1 N–H and O–H groups in total. The van der Waals surface area contributed by atoms with Gasteiger partial charge in [0.25, 0.3) is 5.91 Å². The first-order valence-corrected chi connectivity index (χ1v) is 6.49. The summed E-state index contributed by atoms with van der Waals surface area (Å²) in [5, 5.41) is 11.0. The number of benzene rings is 2. The number of rotatable bonds is 2. The number of hydrogen-bond acceptors (Lipinski definition) is 3. The SMILES string of the molecule is O=C1Nc2ccc(Cl)cc2C1=NN=Cc1ccc(F)cc1. The lowest BCUT2D eigenvalue weighted by Crippen LogP contribution is -2.13. The standard InChI is InChI=1S/C15H9ClFN3O/c16-10-3-6-13-12(7-10)14(15(21)19-13)20-18-8-9-1-4-11(17)5-2-9/h1-8H,(H,19,20,21). The number of carbonyl (C=O) groups is 1. The predicted octanol–water partition coefficient (Wildman–Crippen LogP) is 3.25. The van der Waals surface area contributed by atoms with Crippen LogP contribution in [0.2, 0.25) is 5.02 Å². The van der Waals surface area contributed by atoms with Crippen molar-refractivity contribution < 1.29 is 9.18 Å². The van der Waals surface area contributed by atoms with Gasteiger partial charge in [-0.3, -0.25) is 4.79 Å². The minimum atomic E-state index is -0.330. The quantitative estimate of drug-likeness (QED) is 0.672. The summed E-state index contributed by atoms with van der Waals surface area (Å²) in [4.78, 5) is 11.8. The van der Waals surface area contributed by atoms with Crippen molar-refractivity contribution in [3.05, 3.63) is 64.4 Å². The molecule has 0 bridgehead atoms. The Morgan fingerprint density at radius 1 is 1.14 bits per heavy atom. The van der Waals surface area contributed by atoms with Crippen molar-refractivity contribution in [2.24, 2.45) is 10.2 Å². The first kappa shape index (κ1) is 13.5. The van der Waals surface area contributed by atoms with Crippen molar-refractivity contribution in [2.45, 2.75) is 0 Å². The zero-order chi connectivity index (χ0) is 14.8. The molecule has 0 atom stereocenters. The summed E-state index contributed by atoms with van der Waals surface area (Å²) in [6, 6.07) is 10.8. The maximum atomic E-state index is 12.8. The van der Waals surface area contributed by atoms with Crippen molar-refractivity contribution in [1.29, 1.82) is 0 Å². The molecule has 0 radical (unpaired) electrons. The van der Waals surface area contributed by atoms with E-state index in [1.807, 2.05) is 0 Å². The third kappa shape index (κ3) is 2.83. The fraction of sp³-hybridized carbons (Fsp3) is 0. The van der Waals surface area contributed by atoms with Crippen molar-refractivity contribution in [3.8, 4) is 0 Å². The van der Waals surface area contributed by atoms with Gasteiger partial charge in [0.2, 0.25) is 0 Å². The molecule has 0 aromatic heterocycles. The van der Waals surface area contributed by atoms with Crippen molar-refractivity contribution in [3.63, 3.8) is 0 Å². The van der Waals surface area contributed by atoms with Crippen LogP contribution in [0, 0.1) is 5.82 Å². The van der Waals surface area contributed by atoms with Crippen LogP contribution >= 0.6 is 11.6 Å².